The van der Waals surface area contributed by atoms with Gasteiger partial charge >= 0.3 is 0 Å². The molecule has 0 heterocycles. The van der Waals surface area contributed by atoms with Gasteiger partial charge in [-0.3, -0.25) is 0 Å². The standard InChI is InChI=1S/C4H11S.CNS/c1-4-5(2)3;2-1-3/h4H2,1-3H3;/q+1;-1. The van der Waals surface area contributed by atoms with E-state index in [1.807, 2.05) is 0 Å². The number of hydrogen-bond acceptors (Lipinski definition) is 1. The van der Waals surface area contributed by atoms with Crippen LogP contribution in [0.4, 0.5) is 0 Å². The van der Waals surface area contributed by atoms with Crippen LogP contribution < -0.4 is 0 Å². The molecule has 0 spiro atoms. The highest BCUT2D eigenvalue weighted by Crippen LogP contribution is 1.76. The van der Waals surface area contributed by atoms with Crippen LogP contribution >= 0.6 is 12.2 Å². The second kappa shape index (κ2) is 10.2. The first-order valence-corrected chi connectivity index (χ1v) is 4.86. The highest BCUT2D eigenvalue weighted by molar-refractivity contribution is 7.95. The van der Waals surface area contributed by atoms with Crippen molar-refractivity contribution < 1.29 is 0 Å². The van der Waals surface area contributed by atoms with Crippen molar-refractivity contribution >= 4 is 28.3 Å². The van der Waals surface area contributed by atoms with E-state index in [-0.39, 0.29) is 0 Å². The average molecular weight is 149 g/mol. The summed E-state index contributed by atoms with van der Waals surface area (Å²) in [5, 5.41) is 8.47. The van der Waals surface area contributed by atoms with Gasteiger partial charge in [0, 0.05) is 0 Å². The molecule has 0 aromatic carbocycles. The summed E-state index contributed by atoms with van der Waals surface area (Å²) in [5.74, 6) is 1.33. The minimum Gasteiger partial charge on any atom is -0.753 e. The fourth-order valence-corrected chi connectivity index (χ4v) is 0. The van der Waals surface area contributed by atoms with Crippen LogP contribution in [0.3, 0.4) is 0 Å². The quantitative estimate of drug-likeness (QED) is 0.315. The highest BCUT2D eigenvalue weighted by Gasteiger charge is 1.89. The largest absolute Gasteiger partial charge is 0.753 e. The third-order valence-corrected chi connectivity index (χ3v) is 1.73. The maximum Gasteiger partial charge on any atom is 0.104 e. The summed E-state index contributed by atoms with van der Waals surface area (Å²) >= 11 is 3.70. The molecule has 3 heteroatoms. The highest BCUT2D eigenvalue weighted by atomic mass is 32.2. The summed E-state index contributed by atoms with van der Waals surface area (Å²) in [6.45, 7) is 2.21. The molecule has 48 valence electrons. The lowest BCUT2D eigenvalue weighted by atomic mass is 11.0. The topological polar surface area (TPSA) is 22.3 Å². The molecule has 0 aromatic rings. The second-order valence-corrected chi connectivity index (χ2v) is 4.10. The van der Waals surface area contributed by atoms with Crippen molar-refractivity contribution in [2.24, 2.45) is 0 Å². The van der Waals surface area contributed by atoms with Crippen molar-refractivity contribution in [1.82, 2.24) is 0 Å². The lowest BCUT2D eigenvalue weighted by molar-refractivity contribution is 1.51. The zero-order valence-corrected chi connectivity index (χ0v) is 7.10. The third-order valence-electron chi connectivity index (χ3n) is 0.577. The van der Waals surface area contributed by atoms with Crippen LogP contribution in [0.5, 0.6) is 0 Å². The van der Waals surface area contributed by atoms with E-state index in [1.165, 1.54) is 10.9 Å². The van der Waals surface area contributed by atoms with Gasteiger partial charge in [-0.2, -0.15) is 5.16 Å². The Morgan fingerprint density at radius 3 is 1.75 bits per heavy atom. The summed E-state index contributed by atoms with van der Waals surface area (Å²) in [4.78, 5) is 0. The number of isothiocyanates is 1. The molecule has 0 saturated heterocycles. The number of rotatable bonds is 1. The van der Waals surface area contributed by atoms with Crippen LogP contribution in [0.2, 0.25) is 0 Å². The first kappa shape index (κ1) is 11.0. The average Bonchev–Trinajstić information content (AvgIpc) is 1.69. The smallest absolute Gasteiger partial charge is 0.104 e. The Morgan fingerprint density at radius 1 is 1.62 bits per heavy atom. The van der Waals surface area contributed by atoms with E-state index in [0.717, 1.165) is 0 Å². The van der Waals surface area contributed by atoms with E-state index in [9.17, 15) is 0 Å². The molecule has 0 aliphatic rings. The van der Waals surface area contributed by atoms with E-state index in [0.29, 0.717) is 10.9 Å². The number of hydrogen-bond donors (Lipinski definition) is 0. The van der Waals surface area contributed by atoms with Crippen molar-refractivity contribution in [2.45, 2.75) is 6.92 Å². The molecule has 1 nitrogen and oxygen atoms in total. The Balaban J connectivity index is 0. The van der Waals surface area contributed by atoms with Gasteiger partial charge in [0.05, 0.1) is 12.5 Å². The maximum absolute atomic E-state index is 7.13. The Morgan fingerprint density at radius 2 is 1.75 bits per heavy atom. The molecule has 0 N–H and O–H groups in total. The summed E-state index contributed by atoms with van der Waals surface area (Å²) in [6, 6.07) is 0. The van der Waals surface area contributed by atoms with Gasteiger partial charge in [-0.25, -0.2) is 0 Å². The molecule has 0 bridgehead atoms. The van der Waals surface area contributed by atoms with Crippen molar-refractivity contribution in [2.75, 3.05) is 18.3 Å². The molecule has 0 saturated carbocycles. The molecular weight excluding hydrogens is 138 g/mol. The Labute approximate surface area is 59.3 Å². The van der Waals surface area contributed by atoms with Gasteiger partial charge in [-0.15, -0.1) is 0 Å². The van der Waals surface area contributed by atoms with Crippen molar-refractivity contribution in [3.8, 4) is 0 Å². The third kappa shape index (κ3) is 35.3. The van der Waals surface area contributed by atoms with Gasteiger partial charge in [-0.05, 0) is 17.8 Å². The first-order valence-electron chi connectivity index (χ1n) is 2.24. The molecule has 0 aliphatic carbocycles. The van der Waals surface area contributed by atoms with Gasteiger partial charge in [-0.1, -0.05) is 12.2 Å². The van der Waals surface area contributed by atoms with Crippen LogP contribution in [0.1, 0.15) is 6.92 Å². The molecule has 0 rings (SSSR count). The zero-order chi connectivity index (χ0) is 6.99. The summed E-state index contributed by atoms with van der Waals surface area (Å²) < 4.78 is 0. The maximum atomic E-state index is 7.13. The first-order chi connectivity index (χ1) is 3.68. The van der Waals surface area contributed by atoms with Crippen LogP contribution in [0.15, 0.2) is 0 Å². The van der Waals surface area contributed by atoms with Gasteiger partial charge < -0.3 is 5.41 Å². The van der Waals surface area contributed by atoms with Crippen molar-refractivity contribution in [1.29, 1.82) is 0 Å². The molecule has 0 fully saturated rings. The predicted molar refractivity (Wildman–Crippen MR) is 45.7 cm³/mol. The normalized spacial score (nSPS) is 7.00. The minimum absolute atomic E-state index is 0.677. The minimum atomic E-state index is 0.677. The van der Waals surface area contributed by atoms with E-state index in [1.54, 1.807) is 0 Å². The van der Waals surface area contributed by atoms with Crippen molar-refractivity contribution in [3.05, 3.63) is 5.41 Å². The van der Waals surface area contributed by atoms with Gasteiger partial charge in [0.25, 0.3) is 0 Å². The van der Waals surface area contributed by atoms with Crippen LogP contribution in [0, 0.1) is 0 Å². The number of nitrogens with zero attached hydrogens (tertiary/aromatic N) is 1. The van der Waals surface area contributed by atoms with E-state index in [4.69, 9.17) is 5.41 Å². The monoisotopic (exact) mass is 149 g/mol. The molecule has 0 amide bonds. The zero-order valence-electron chi connectivity index (χ0n) is 5.47. The molecule has 0 atom stereocenters. The van der Waals surface area contributed by atoms with Crippen LogP contribution in [0.25, 0.3) is 5.41 Å². The van der Waals surface area contributed by atoms with E-state index in [2.05, 4.69) is 31.7 Å². The molecular formula is C5H11NS2. The Kier molecular flexibility index (Phi) is 14.0. The van der Waals surface area contributed by atoms with Gasteiger partial charge in [0.15, 0.2) is 0 Å². The predicted octanol–water partition coefficient (Wildman–Crippen LogP) is 1.54. The van der Waals surface area contributed by atoms with Gasteiger partial charge in [0.1, 0.15) is 5.75 Å². The summed E-state index contributed by atoms with van der Waals surface area (Å²) in [7, 11) is 0.677. The molecule has 0 aliphatic heterocycles. The Hall–Kier alpha value is 0.150. The molecule has 8 heavy (non-hydrogen) atoms. The van der Waals surface area contributed by atoms with Crippen LogP contribution in [-0.2, 0) is 10.9 Å². The molecule has 0 radical (unpaired) electrons. The van der Waals surface area contributed by atoms with Crippen LogP contribution in [-0.4, -0.2) is 23.4 Å². The SMILES string of the molecule is CC[S+](C)C.[N-]=C=S. The Bertz CT molecular complexity index is 64.8. The fourth-order valence-electron chi connectivity index (χ4n) is 0. The fraction of sp³-hybridized carbons (Fsp3) is 0.800. The summed E-state index contributed by atoms with van der Waals surface area (Å²) in [6.07, 6.45) is 4.50. The van der Waals surface area contributed by atoms with Crippen molar-refractivity contribution in [3.63, 3.8) is 0 Å². The summed E-state index contributed by atoms with van der Waals surface area (Å²) in [5.41, 5.74) is 0. The lowest BCUT2D eigenvalue weighted by Crippen LogP contribution is -1.94. The second-order valence-electron chi connectivity index (χ2n) is 1.37. The van der Waals surface area contributed by atoms with E-state index < -0.39 is 0 Å². The van der Waals surface area contributed by atoms with E-state index >= 15 is 0 Å². The molecule has 0 aromatic heterocycles. The number of thiocarbonyl (C=S) groups is 1. The lowest BCUT2D eigenvalue weighted by Gasteiger charge is -1.81. The molecule has 0 unspecified atom stereocenters. The van der Waals surface area contributed by atoms with Gasteiger partial charge in [0.2, 0.25) is 0 Å².